The molecule has 0 aliphatic carbocycles. The van der Waals surface area contributed by atoms with E-state index in [9.17, 15) is 19.2 Å². The molecule has 0 spiro atoms. The van der Waals surface area contributed by atoms with Crippen molar-refractivity contribution < 1.29 is 23.6 Å². The molecule has 0 aromatic heterocycles. The van der Waals surface area contributed by atoms with Gasteiger partial charge in [0.1, 0.15) is 11.9 Å². The number of hydrogen-bond donors (Lipinski definition) is 2. The number of carbonyl (C=O) groups excluding carboxylic acids is 4. The van der Waals surface area contributed by atoms with Crippen LogP contribution in [0.25, 0.3) is 0 Å². The molecule has 7 nitrogen and oxygen atoms in total. The largest absolute Gasteiger partial charge is 0.348 e. The van der Waals surface area contributed by atoms with Crippen LogP contribution in [0.1, 0.15) is 57.2 Å². The summed E-state index contributed by atoms with van der Waals surface area (Å²) in [5, 5.41) is 4.93. The highest BCUT2D eigenvalue weighted by molar-refractivity contribution is 6.05. The molecule has 2 aromatic rings. The van der Waals surface area contributed by atoms with Gasteiger partial charge in [0.2, 0.25) is 11.8 Å². The molecular formula is C23H22FN3O4. The van der Waals surface area contributed by atoms with Gasteiger partial charge in [0.15, 0.2) is 0 Å². The molecule has 31 heavy (non-hydrogen) atoms. The third-order valence-electron chi connectivity index (χ3n) is 5.79. The van der Waals surface area contributed by atoms with E-state index in [0.29, 0.717) is 5.56 Å². The number of rotatable bonds is 5. The number of aryl methyl sites for hydroxylation is 1. The first-order valence-electron chi connectivity index (χ1n) is 10.2. The fourth-order valence-electron chi connectivity index (χ4n) is 3.96. The number of imide groups is 1. The van der Waals surface area contributed by atoms with Crippen molar-refractivity contribution in [3.8, 4) is 0 Å². The van der Waals surface area contributed by atoms with Gasteiger partial charge in [0.05, 0.1) is 6.54 Å². The van der Waals surface area contributed by atoms with Gasteiger partial charge >= 0.3 is 0 Å². The monoisotopic (exact) mass is 423 g/mol. The molecule has 160 valence electrons. The van der Waals surface area contributed by atoms with Crippen LogP contribution in [0.15, 0.2) is 36.4 Å². The smallest absolute Gasteiger partial charge is 0.255 e. The van der Waals surface area contributed by atoms with Gasteiger partial charge in [-0.15, -0.1) is 0 Å². The van der Waals surface area contributed by atoms with Crippen LogP contribution in [0, 0.1) is 5.82 Å². The molecule has 2 heterocycles. The average Bonchev–Trinajstić information content (AvgIpc) is 3.10. The van der Waals surface area contributed by atoms with Gasteiger partial charge < -0.3 is 10.2 Å². The Kier molecular flexibility index (Phi) is 5.54. The third-order valence-corrected chi connectivity index (χ3v) is 5.79. The lowest BCUT2D eigenvalue weighted by atomic mass is 10.0. The molecule has 2 N–H and O–H groups in total. The Balaban J connectivity index is 1.47. The molecular weight excluding hydrogens is 401 g/mol. The number of benzene rings is 2. The summed E-state index contributed by atoms with van der Waals surface area (Å²) in [5.74, 6) is -2.24. The molecule has 2 aromatic carbocycles. The SMILES string of the molecule is CCc1ccc(C(=O)NCc2ccc3c(c2F)CN(C2CCC(=O)NC2=O)C3=O)cc1. The Morgan fingerprint density at radius 3 is 2.58 bits per heavy atom. The Morgan fingerprint density at radius 1 is 1.16 bits per heavy atom. The fourth-order valence-corrected chi connectivity index (χ4v) is 3.96. The molecule has 1 atom stereocenters. The highest BCUT2D eigenvalue weighted by Crippen LogP contribution is 2.30. The molecule has 4 rings (SSSR count). The van der Waals surface area contributed by atoms with Gasteiger partial charge in [-0.2, -0.15) is 0 Å². The molecule has 0 saturated carbocycles. The summed E-state index contributed by atoms with van der Waals surface area (Å²) in [4.78, 5) is 49.9. The molecule has 2 aliphatic heterocycles. The summed E-state index contributed by atoms with van der Waals surface area (Å²) >= 11 is 0. The molecule has 0 radical (unpaired) electrons. The predicted octanol–water partition coefficient (Wildman–Crippen LogP) is 2.08. The van der Waals surface area contributed by atoms with Crippen molar-refractivity contribution >= 4 is 23.6 Å². The summed E-state index contributed by atoms with van der Waals surface area (Å²) in [5.41, 5.74) is 2.26. The van der Waals surface area contributed by atoms with Crippen molar-refractivity contribution in [3.05, 3.63) is 70.0 Å². The van der Waals surface area contributed by atoms with Gasteiger partial charge in [-0.1, -0.05) is 25.1 Å². The maximum Gasteiger partial charge on any atom is 0.255 e. The normalized spacial score (nSPS) is 18.1. The Bertz CT molecular complexity index is 1080. The van der Waals surface area contributed by atoms with Gasteiger partial charge in [-0.05, 0) is 36.6 Å². The summed E-state index contributed by atoms with van der Waals surface area (Å²) < 4.78 is 15.1. The Labute approximate surface area is 178 Å². The second kappa shape index (κ2) is 8.29. The molecule has 0 bridgehead atoms. The molecule has 8 heteroatoms. The minimum Gasteiger partial charge on any atom is -0.348 e. The van der Waals surface area contributed by atoms with E-state index < -0.39 is 23.7 Å². The maximum atomic E-state index is 15.1. The summed E-state index contributed by atoms with van der Waals surface area (Å²) in [6.07, 6.45) is 1.22. The van der Waals surface area contributed by atoms with Gasteiger partial charge in [-0.25, -0.2) is 4.39 Å². The first-order valence-corrected chi connectivity index (χ1v) is 10.2. The third kappa shape index (κ3) is 3.93. The summed E-state index contributed by atoms with van der Waals surface area (Å²) in [6.45, 7) is 1.95. The van der Waals surface area contributed by atoms with Crippen LogP contribution in [-0.4, -0.2) is 34.6 Å². The minimum absolute atomic E-state index is 0.0277. The number of nitrogens with one attached hydrogen (secondary N) is 2. The van der Waals surface area contributed by atoms with E-state index in [2.05, 4.69) is 10.6 Å². The lowest BCUT2D eigenvalue weighted by Gasteiger charge is -2.29. The average molecular weight is 423 g/mol. The highest BCUT2D eigenvalue weighted by Gasteiger charge is 2.40. The first kappa shape index (κ1) is 20.7. The number of amides is 4. The van der Waals surface area contributed by atoms with Crippen molar-refractivity contribution in [2.45, 2.75) is 45.3 Å². The molecule has 1 unspecified atom stereocenters. The zero-order valence-corrected chi connectivity index (χ0v) is 17.0. The second-order valence-electron chi connectivity index (χ2n) is 7.70. The number of fused-ring (bicyclic) bond motifs is 1. The maximum absolute atomic E-state index is 15.1. The van der Waals surface area contributed by atoms with Crippen LogP contribution in [0.3, 0.4) is 0 Å². The van der Waals surface area contributed by atoms with E-state index in [0.717, 1.165) is 12.0 Å². The zero-order chi connectivity index (χ0) is 22.1. The molecule has 2 aliphatic rings. The van der Waals surface area contributed by atoms with Gasteiger partial charge in [0, 0.05) is 35.2 Å². The first-order chi connectivity index (χ1) is 14.9. The molecule has 1 saturated heterocycles. The standard InChI is InChI=1S/C23H22FN3O4/c1-2-13-3-5-14(6-4-13)21(29)25-11-15-7-8-16-17(20(15)24)12-27(23(16)31)18-9-10-19(28)26-22(18)30/h3-8,18H,2,9-12H2,1H3,(H,25,29)(H,26,28,30). The van der Waals surface area contributed by atoms with Crippen molar-refractivity contribution in [2.24, 2.45) is 0 Å². The van der Waals surface area contributed by atoms with Crippen LogP contribution < -0.4 is 10.6 Å². The van der Waals surface area contributed by atoms with Crippen molar-refractivity contribution in [1.82, 2.24) is 15.5 Å². The van der Waals surface area contributed by atoms with E-state index >= 15 is 4.39 Å². The van der Waals surface area contributed by atoms with E-state index in [1.54, 1.807) is 12.1 Å². The minimum atomic E-state index is -0.800. The van der Waals surface area contributed by atoms with Crippen LogP contribution in [0.5, 0.6) is 0 Å². The number of hydrogen-bond acceptors (Lipinski definition) is 4. The molecule has 4 amide bonds. The van der Waals surface area contributed by atoms with Crippen molar-refractivity contribution in [3.63, 3.8) is 0 Å². The molecule has 1 fully saturated rings. The number of halogens is 1. The Hall–Kier alpha value is -3.55. The number of nitrogens with zero attached hydrogens (tertiary/aromatic N) is 1. The van der Waals surface area contributed by atoms with Crippen LogP contribution in [0.4, 0.5) is 4.39 Å². The summed E-state index contributed by atoms with van der Waals surface area (Å²) in [7, 11) is 0. The lowest BCUT2D eigenvalue weighted by molar-refractivity contribution is -0.136. The Morgan fingerprint density at radius 2 is 1.90 bits per heavy atom. The van der Waals surface area contributed by atoms with Crippen LogP contribution in [0.2, 0.25) is 0 Å². The highest BCUT2D eigenvalue weighted by atomic mass is 19.1. The van der Waals surface area contributed by atoms with Crippen molar-refractivity contribution in [2.75, 3.05) is 0 Å². The van der Waals surface area contributed by atoms with E-state index in [-0.39, 0.29) is 54.4 Å². The van der Waals surface area contributed by atoms with Crippen molar-refractivity contribution in [1.29, 1.82) is 0 Å². The van der Waals surface area contributed by atoms with Gasteiger partial charge in [-0.3, -0.25) is 24.5 Å². The lowest BCUT2D eigenvalue weighted by Crippen LogP contribution is -2.52. The van der Waals surface area contributed by atoms with E-state index in [1.807, 2.05) is 19.1 Å². The fraction of sp³-hybridized carbons (Fsp3) is 0.304. The zero-order valence-electron chi connectivity index (χ0n) is 17.0. The second-order valence-corrected chi connectivity index (χ2v) is 7.70. The number of piperidine rings is 1. The summed E-state index contributed by atoms with van der Waals surface area (Å²) in [6, 6.07) is 9.39. The quantitative estimate of drug-likeness (QED) is 0.720. The van der Waals surface area contributed by atoms with E-state index in [1.165, 1.54) is 17.0 Å². The van der Waals surface area contributed by atoms with Gasteiger partial charge in [0.25, 0.3) is 11.8 Å². The van der Waals surface area contributed by atoms with Crippen LogP contribution in [-0.2, 0) is 29.1 Å². The van der Waals surface area contributed by atoms with Crippen LogP contribution >= 0.6 is 0 Å². The predicted molar refractivity (Wildman–Crippen MR) is 109 cm³/mol. The topological polar surface area (TPSA) is 95.6 Å². The number of carbonyl (C=O) groups is 4. The van der Waals surface area contributed by atoms with E-state index in [4.69, 9.17) is 0 Å².